The first-order valence-electron chi connectivity index (χ1n) is 4.41. The molecule has 11 heteroatoms. The average molecular weight is 300 g/mol. The second kappa shape index (κ2) is 8.96. The van der Waals surface area contributed by atoms with Crippen molar-refractivity contribution in [1.82, 2.24) is 0 Å². The van der Waals surface area contributed by atoms with Crippen LogP contribution in [0.2, 0.25) is 0 Å². The molecule has 18 heavy (non-hydrogen) atoms. The zero-order valence-electron chi connectivity index (χ0n) is 9.96. The molecule has 0 aliphatic carbocycles. The number of hydrogen-bond acceptors (Lipinski definition) is 8. The Bertz CT molecular complexity index is 268. The van der Waals surface area contributed by atoms with Crippen molar-refractivity contribution in [2.45, 2.75) is 30.1 Å². The van der Waals surface area contributed by atoms with E-state index in [2.05, 4.69) is 4.74 Å². The Morgan fingerprint density at radius 2 is 1.67 bits per heavy atom. The van der Waals surface area contributed by atoms with Crippen LogP contribution in [0.5, 0.6) is 0 Å². The molecule has 1 aliphatic heterocycles. The van der Waals surface area contributed by atoms with E-state index in [0.717, 1.165) is 0 Å². The van der Waals surface area contributed by atoms with Crippen LogP contribution in [0.25, 0.3) is 0 Å². The van der Waals surface area contributed by atoms with E-state index in [9.17, 15) is 25.0 Å². The minimum absolute atomic E-state index is 0. The third-order valence-corrected chi connectivity index (χ3v) is 3.00. The monoisotopic (exact) mass is 300 g/mol. The summed E-state index contributed by atoms with van der Waals surface area (Å²) in [6.45, 7) is -0.757. The van der Waals surface area contributed by atoms with Crippen molar-refractivity contribution in [1.29, 1.82) is 0 Å². The largest absolute Gasteiger partial charge is 1.00 e. The van der Waals surface area contributed by atoms with Gasteiger partial charge >= 0.3 is 59.1 Å². The van der Waals surface area contributed by atoms with Crippen LogP contribution >= 0.6 is 8.46 Å². The summed E-state index contributed by atoms with van der Waals surface area (Å²) in [5.41, 5.74) is -3.42. The molecule has 1 aliphatic rings. The number of aliphatic hydroxyl groups excluding tert-OH is 4. The van der Waals surface area contributed by atoms with Gasteiger partial charge in [-0.05, 0) is 0 Å². The molecule has 0 aromatic carbocycles. The molecule has 8 nitrogen and oxygen atoms in total. The summed E-state index contributed by atoms with van der Waals surface area (Å²) in [7, 11) is -1.37. The van der Waals surface area contributed by atoms with Gasteiger partial charge in [-0.3, -0.25) is 4.57 Å². The molecule has 94 valence electrons. The van der Waals surface area contributed by atoms with Crippen molar-refractivity contribution in [3.8, 4) is 0 Å². The minimum atomic E-state index is -3.42. The Morgan fingerprint density at radius 3 is 2.06 bits per heavy atom. The fourth-order valence-electron chi connectivity index (χ4n) is 1.59. The second-order valence-corrected chi connectivity index (χ2v) is 4.28. The van der Waals surface area contributed by atoms with Gasteiger partial charge in [-0.15, -0.1) is 5.53 Å². The summed E-state index contributed by atoms with van der Waals surface area (Å²) in [5.74, 6) is -1.95. The summed E-state index contributed by atoms with van der Waals surface area (Å²) in [5, 5.41) is 59.1. The van der Waals surface area contributed by atoms with E-state index >= 15 is 0 Å². The predicted octanol–water partition coefficient (Wildman–Crippen LogP) is -10.3. The third kappa shape index (κ3) is 4.68. The smallest absolute Gasteiger partial charge is 0.854 e. The Balaban J connectivity index is 0. The fourth-order valence-corrected chi connectivity index (χ4v) is 2.02. The molecular weight excluding hydrogens is 289 g/mol. The van der Waals surface area contributed by atoms with Crippen LogP contribution in [0.3, 0.4) is 0 Å². The zero-order chi connectivity index (χ0) is 12.5. The van der Waals surface area contributed by atoms with Gasteiger partial charge in [0, 0.05) is 5.92 Å². The molecule has 4 N–H and O–H groups in total. The first-order chi connectivity index (χ1) is 7.35. The number of rotatable bonds is 3. The average Bonchev–Trinajstić information content (AvgIpc) is 2.23. The van der Waals surface area contributed by atoms with E-state index in [4.69, 9.17) is 10.2 Å². The Kier molecular flexibility index (Phi) is 11.0. The summed E-state index contributed by atoms with van der Waals surface area (Å²) < 4.78 is 14.9. The Labute approximate surface area is 149 Å². The van der Waals surface area contributed by atoms with Crippen molar-refractivity contribution in [3.05, 3.63) is 0 Å². The van der Waals surface area contributed by atoms with Crippen LogP contribution in [-0.2, 0) is 9.30 Å². The van der Waals surface area contributed by atoms with Gasteiger partial charge in [0.1, 0.15) is 20.7 Å². The summed E-state index contributed by atoms with van der Waals surface area (Å²) in [6.07, 6.45) is -7.05. The molecule has 1 fully saturated rings. The number of hydrogen-bond donors (Lipinski definition) is 4. The maximum absolute atomic E-state index is 11.2. The van der Waals surface area contributed by atoms with Crippen molar-refractivity contribution in [2.24, 2.45) is 5.92 Å². The Morgan fingerprint density at radius 1 is 1.17 bits per heavy atom. The summed E-state index contributed by atoms with van der Waals surface area (Å²) in [4.78, 5) is 0. The van der Waals surface area contributed by atoms with Crippen molar-refractivity contribution < 1.29 is 99.1 Å². The van der Waals surface area contributed by atoms with Gasteiger partial charge in [-0.25, -0.2) is 0 Å². The van der Waals surface area contributed by atoms with Gasteiger partial charge in [-0.2, -0.15) is 0 Å². The van der Waals surface area contributed by atoms with Crippen molar-refractivity contribution >= 4 is 8.46 Å². The van der Waals surface area contributed by atoms with Crippen LogP contribution in [-0.4, -0.2) is 57.2 Å². The third-order valence-electron chi connectivity index (χ3n) is 2.45. The van der Waals surface area contributed by atoms with Crippen LogP contribution < -0.4 is 69.3 Å². The SMILES string of the molecule is O=PC([O-])([O-])C1C(O)C(O)OC(CO)C1O.[Na+].[Na+]. The Hall–Kier alpha value is 1.82. The first-order valence-corrected chi connectivity index (χ1v) is 5.22. The fraction of sp³-hybridized carbons (Fsp3) is 1.00. The van der Waals surface area contributed by atoms with Gasteiger partial charge in [0.15, 0.2) is 6.29 Å². The van der Waals surface area contributed by atoms with Crippen LogP contribution in [0.4, 0.5) is 0 Å². The molecule has 0 aromatic heterocycles. The maximum atomic E-state index is 11.2. The first kappa shape index (κ1) is 22.1. The van der Waals surface area contributed by atoms with Gasteiger partial charge in [0.2, 0.25) is 0 Å². The van der Waals surface area contributed by atoms with Crippen LogP contribution in [0.1, 0.15) is 0 Å². The molecule has 1 saturated heterocycles. The van der Waals surface area contributed by atoms with E-state index in [-0.39, 0.29) is 59.1 Å². The normalized spacial score (nSPS) is 36.7. The molecule has 0 spiro atoms. The predicted molar refractivity (Wildman–Crippen MR) is 43.8 cm³/mol. The van der Waals surface area contributed by atoms with Crippen LogP contribution in [0, 0.1) is 5.92 Å². The van der Waals surface area contributed by atoms with Gasteiger partial charge < -0.3 is 35.4 Å². The number of ether oxygens (including phenoxy) is 1. The van der Waals surface area contributed by atoms with E-state index < -0.39 is 51.1 Å². The van der Waals surface area contributed by atoms with E-state index in [1.807, 2.05) is 0 Å². The quantitative estimate of drug-likeness (QED) is 0.228. The molecule has 5 unspecified atom stereocenters. The summed E-state index contributed by atoms with van der Waals surface area (Å²) in [6, 6.07) is 0. The van der Waals surface area contributed by atoms with E-state index in [0.29, 0.717) is 0 Å². The zero-order valence-corrected chi connectivity index (χ0v) is 14.9. The van der Waals surface area contributed by atoms with Crippen LogP contribution in [0.15, 0.2) is 0 Å². The molecule has 0 saturated carbocycles. The van der Waals surface area contributed by atoms with Crippen molar-refractivity contribution in [2.75, 3.05) is 6.61 Å². The van der Waals surface area contributed by atoms with Gasteiger partial charge in [-0.1, -0.05) is 0 Å². The second-order valence-electron chi connectivity index (χ2n) is 3.48. The standard InChI is InChI=1S/C7H11O8P.2Na/c8-1-2-4(9)3(7(12,13)16-14)5(10)6(11)15-2;;/h2-6,8-11H,1H2;;/q-2;2*+1. The summed E-state index contributed by atoms with van der Waals surface area (Å²) >= 11 is 0. The van der Waals surface area contributed by atoms with Crippen molar-refractivity contribution in [3.63, 3.8) is 0 Å². The topological polar surface area (TPSA) is 153 Å². The van der Waals surface area contributed by atoms with E-state index in [1.54, 1.807) is 0 Å². The van der Waals surface area contributed by atoms with E-state index in [1.165, 1.54) is 0 Å². The number of aliphatic hydroxyl groups is 4. The molecular formula is C7H11Na2O8P. The van der Waals surface area contributed by atoms with Gasteiger partial charge in [0.05, 0.1) is 12.7 Å². The molecule has 1 rings (SSSR count). The molecule has 1 heterocycles. The van der Waals surface area contributed by atoms with Gasteiger partial charge in [0.25, 0.3) is 0 Å². The molecule has 0 bridgehead atoms. The molecule has 5 atom stereocenters. The minimum Gasteiger partial charge on any atom is -0.854 e. The molecule has 0 amide bonds. The maximum Gasteiger partial charge on any atom is 1.00 e. The molecule has 0 aromatic rings. The molecule has 0 radical (unpaired) electrons.